The molecule has 7 nitrogen and oxygen atoms in total. The van der Waals surface area contributed by atoms with Gasteiger partial charge in [-0.15, -0.1) is 24.0 Å². The summed E-state index contributed by atoms with van der Waals surface area (Å²) in [5.41, 5.74) is 2.87. The van der Waals surface area contributed by atoms with Crippen molar-refractivity contribution in [3.05, 3.63) is 35.4 Å². The van der Waals surface area contributed by atoms with Gasteiger partial charge in [-0.1, -0.05) is 24.3 Å². The number of nitrogens with zero attached hydrogens (tertiary/aromatic N) is 3. The Morgan fingerprint density at radius 1 is 1.13 bits per heavy atom. The number of amides is 1. The van der Waals surface area contributed by atoms with Gasteiger partial charge < -0.3 is 25.2 Å². The summed E-state index contributed by atoms with van der Waals surface area (Å²) in [4.78, 5) is 20.7. The van der Waals surface area contributed by atoms with Gasteiger partial charge in [0.15, 0.2) is 5.96 Å². The standard InChI is InChI=1S/C23H37N5O2.HI/c1-27(2)22(29)17-24-23(25-20-10-12-28(13-11-20)14-15-30-3)26-21-9-8-18-6-4-5-7-19(18)16-21;/h4-7,20-21H,8-17H2,1-3H3,(H2,24,25,26);1H. The molecule has 8 heteroatoms. The molecule has 174 valence electrons. The first kappa shape index (κ1) is 25.9. The fraction of sp³-hybridized carbons (Fsp3) is 0.652. The number of hydrogen-bond donors (Lipinski definition) is 2. The van der Waals surface area contributed by atoms with Crippen LogP contribution < -0.4 is 10.6 Å². The molecule has 0 radical (unpaired) electrons. The van der Waals surface area contributed by atoms with Gasteiger partial charge in [-0.25, -0.2) is 4.99 Å². The van der Waals surface area contributed by atoms with Gasteiger partial charge in [0, 0.05) is 52.9 Å². The summed E-state index contributed by atoms with van der Waals surface area (Å²) in [6.07, 6.45) is 5.29. The van der Waals surface area contributed by atoms with Crippen molar-refractivity contribution in [1.82, 2.24) is 20.4 Å². The number of piperidine rings is 1. The second-order valence-electron chi connectivity index (χ2n) is 8.56. The Hall–Kier alpha value is -1.39. The van der Waals surface area contributed by atoms with E-state index in [9.17, 15) is 4.79 Å². The zero-order valence-corrected chi connectivity index (χ0v) is 21.4. The van der Waals surface area contributed by atoms with Gasteiger partial charge in [0.25, 0.3) is 0 Å². The van der Waals surface area contributed by atoms with Crippen molar-refractivity contribution >= 4 is 35.8 Å². The highest BCUT2D eigenvalue weighted by Crippen LogP contribution is 2.21. The second-order valence-corrected chi connectivity index (χ2v) is 8.56. The second kappa shape index (κ2) is 13.2. The van der Waals surface area contributed by atoms with E-state index in [1.807, 2.05) is 0 Å². The van der Waals surface area contributed by atoms with Crippen LogP contribution in [0, 0.1) is 0 Å². The first-order chi connectivity index (χ1) is 14.5. The van der Waals surface area contributed by atoms with E-state index in [1.165, 1.54) is 11.1 Å². The van der Waals surface area contributed by atoms with Gasteiger partial charge in [-0.05, 0) is 43.2 Å². The van der Waals surface area contributed by atoms with E-state index in [-0.39, 0.29) is 36.4 Å². The zero-order valence-electron chi connectivity index (χ0n) is 19.1. The molecule has 2 N–H and O–H groups in total. The molecule has 1 aromatic carbocycles. The predicted octanol–water partition coefficient (Wildman–Crippen LogP) is 1.90. The minimum absolute atomic E-state index is 0. The van der Waals surface area contributed by atoms with Crippen molar-refractivity contribution in [2.24, 2.45) is 4.99 Å². The van der Waals surface area contributed by atoms with Crippen molar-refractivity contribution in [1.29, 1.82) is 0 Å². The summed E-state index contributed by atoms with van der Waals surface area (Å²) in [5, 5.41) is 7.23. The number of likely N-dealkylation sites (N-methyl/N-ethyl adjacent to an activating group) is 1. The molecule has 0 saturated carbocycles. The number of aliphatic imine (C=N–C) groups is 1. The van der Waals surface area contributed by atoms with Gasteiger partial charge in [-0.3, -0.25) is 4.79 Å². The fourth-order valence-electron chi connectivity index (χ4n) is 4.15. The molecular formula is C23H38IN5O2. The minimum atomic E-state index is 0. The maximum absolute atomic E-state index is 12.1. The number of rotatable bonds is 7. The van der Waals surface area contributed by atoms with Crippen LogP contribution in [0.15, 0.2) is 29.3 Å². The smallest absolute Gasteiger partial charge is 0.243 e. The number of ether oxygens (including phenoxy) is 1. The average Bonchev–Trinajstić information content (AvgIpc) is 2.76. The molecule has 1 aliphatic carbocycles. The number of benzene rings is 1. The minimum Gasteiger partial charge on any atom is -0.383 e. The summed E-state index contributed by atoms with van der Waals surface area (Å²) in [6, 6.07) is 9.39. The van der Waals surface area contributed by atoms with E-state index in [1.54, 1.807) is 26.1 Å². The van der Waals surface area contributed by atoms with Gasteiger partial charge in [0.2, 0.25) is 5.91 Å². The lowest BCUT2D eigenvalue weighted by molar-refractivity contribution is -0.127. The molecule has 3 rings (SSSR count). The van der Waals surface area contributed by atoms with Gasteiger partial charge >= 0.3 is 0 Å². The highest BCUT2D eigenvalue weighted by molar-refractivity contribution is 14.0. The third-order valence-electron chi connectivity index (χ3n) is 6.10. The van der Waals surface area contributed by atoms with Crippen LogP contribution >= 0.6 is 24.0 Å². The van der Waals surface area contributed by atoms with Crippen molar-refractivity contribution in [3.8, 4) is 0 Å². The average molecular weight is 543 g/mol. The molecule has 1 unspecified atom stereocenters. The molecule has 1 saturated heterocycles. The maximum Gasteiger partial charge on any atom is 0.243 e. The summed E-state index contributed by atoms with van der Waals surface area (Å²) >= 11 is 0. The van der Waals surface area contributed by atoms with Gasteiger partial charge in [0.05, 0.1) is 6.61 Å². The molecule has 2 aliphatic rings. The van der Waals surface area contributed by atoms with Crippen LogP contribution in [0.3, 0.4) is 0 Å². The molecule has 1 aliphatic heterocycles. The van der Waals surface area contributed by atoms with Crippen LogP contribution in [0.5, 0.6) is 0 Å². The van der Waals surface area contributed by atoms with E-state index < -0.39 is 0 Å². The summed E-state index contributed by atoms with van der Waals surface area (Å²) in [5.74, 6) is 0.782. The number of fused-ring (bicyclic) bond motifs is 1. The van der Waals surface area contributed by atoms with E-state index in [2.05, 4.69) is 44.8 Å². The number of nitrogens with one attached hydrogen (secondary N) is 2. The zero-order chi connectivity index (χ0) is 21.3. The monoisotopic (exact) mass is 543 g/mol. The number of hydrogen-bond acceptors (Lipinski definition) is 4. The Kier molecular flexibility index (Phi) is 11.0. The van der Waals surface area contributed by atoms with E-state index in [0.717, 1.165) is 64.3 Å². The first-order valence-electron chi connectivity index (χ1n) is 11.1. The third-order valence-corrected chi connectivity index (χ3v) is 6.10. The number of methoxy groups -OCH3 is 1. The molecule has 0 aromatic heterocycles. The normalized spacial score (nSPS) is 19.8. The molecule has 1 amide bonds. The van der Waals surface area contributed by atoms with Crippen LogP contribution in [0.2, 0.25) is 0 Å². The number of halogens is 1. The largest absolute Gasteiger partial charge is 0.383 e. The first-order valence-corrected chi connectivity index (χ1v) is 11.1. The summed E-state index contributed by atoms with van der Waals surface area (Å²) in [6.45, 7) is 4.05. The van der Waals surface area contributed by atoms with Crippen molar-refractivity contribution in [3.63, 3.8) is 0 Å². The summed E-state index contributed by atoms with van der Waals surface area (Å²) in [7, 11) is 5.29. The highest BCUT2D eigenvalue weighted by Gasteiger charge is 2.23. The van der Waals surface area contributed by atoms with Crippen LogP contribution in [0.1, 0.15) is 30.4 Å². The molecule has 1 atom stereocenters. The Morgan fingerprint density at radius 3 is 2.48 bits per heavy atom. The molecular weight excluding hydrogens is 505 g/mol. The molecule has 1 aromatic rings. The van der Waals surface area contributed by atoms with E-state index >= 15 is 0 Å². The van der Waals surface area contributed by atoms with Crippen LogP contribution in [0.4, 0.5) is 0 Å². The van der Waals surface area contributed by atoms with Crippen molar-refractivity contribution in [2.45, 2.75) is 44.2 Å². The maximum atomic E-state index is 12.1. The Morgan fingerprint density at radius 2 is 1.81 bits per heavy atom. The van der Waals surface area contributed by atoms with Crippen LogP contribution in [-0.2, 0) is 22.4 Å². The predicted molar refractivity (Wildman–Crippen MR) is 136 cm³/mol. The quantitative estimate of drug-likeness (QED) is 0.313. The van der Waals surface area contributed by atoms with E-state index in [0.29, 0.717) is 12.1 Å². The number of likely N-dealkylation sites (tertiary alicyclic amines) is 1. The third kappa shape index (κ3) is 8.23. The van der Waals surface area contributed by atoms with E-state index in [4.69, 9.17) is 4.74 Å². The lowest BCUT2D eigenvalue weighted by Crippen LogP contribution is -2.52. The fourth-order valence-corrected chi connectivity index (χ4v) is 4.15. The van der Waals surface area contributed by atoms with Crippen molar-refractivity contribution < 1.29 is 9.53 Å². The number of carbonyl (C=O) groups is 1. The Bertz CT molecular complexity index is 720. The topological polar surface area (TPSA) is 69.2 Å². The SMILES string of the molecule is COCCN1CCC(NC(=NCC(=O)N(C)C)NC2CCc3ccccc3C2)CC1.I. The van der Waals surface area contributed by atoms with Crippen LogP contribution in [-0.4, -0.2) is 87.7 Å². The van der Waals surface area contributed by atoms with Crippen molar-refractivity contribution in [2.75, 3.05) is 54.0 Å². The molecule has 0 bridgehead atoms. The number of aryl methyl sites for hydroxylation is 1. The number of carbonyl (C=O) groups excluding carboxylic acids is 1. The van der Waals surface area contributed by atoms with Gasteiger partial charge in [0.1, 0.15) is 6.54 Å². The Balaban J connectivity index is 0.00000341. The lowest BCUT2D eigenvalue weighted by Gasteiger charge is -2.34. The highest BCUT2D eigenvalue weighted by atomic mass is 127. The molecule has 1 fully saturated rings. The Labute approximate surface area is 204 Å². The molecule has 0 spiro atoms. The number of guanidine groups is 1. The lowest BCUT2D eigenvalue weighted by atomic mass is 9.88. The molecule has 31 heavy (non-hydrogen) atoms. The summed E-state index contributed by atoms with van der Waals surface area (Å²) < 4.78 is 5.20. The molecule has 1 heterocycles. The van der Waals surface area contributed by atoms with Crippen LogP contribution in [0.25, 0.3) is 0 Å². The van der Waals surface area contributed by atoms with Gasteiger partial charge in [-0.2, -0.15) is 0 Å².